The topological polar surface area (TPSA) is 64.6 Å². The Morgan fingerprint density at radius 2 is 2.00 bits per heavy atom. The zero-order valence-electron chi connectivity index (χ0n) is 12.8. The van der Waals surface area contributed by atoms with Gasteiger partial charge in [-0.05, 0) is 31.9 Å². The number of carbonyl (C=O) groups excluding carboxylic acids is 1. The molecule has 0 heterocycles. The minimum absolute atomic E-state index is 0.0518. The van der Waals surface area contributed by atoms with Crippen molar-refractivity contribution in [3.05, 3.63) is 30.3 Å². The highest BCUT2D eigenvalue weighted by Crippen LogP contribution is 2.44. The second-order valence-electron chi connectivity index (χ2n) is 6.02. The maximum atomic E-state index is 11.8. The number of hydrogen-bond donors (Lipinski definition) is 3. The molecule has 116 valence electrons. The third kappa shape index (κ3) is 4.36. The summed E-state index contributed by atoms with van der Waals surface area (Å²) in [5.41, 5.74) is 1.08. The van der Waals surface area contributed by atoms with Crippen LogP contribution < -0.4 is 15.5 Å². The summed E-state index contributed by atoms with van der Waals surface area (Å²) in [6, 6.07) is 10.1. The summed E-state index contributed by atoms with van der Waals surface area (Å²) < 4.78 is 0. The number of hydrogen-bond acceptors (Lipinski definition) is 3. The number of carbonyl (C=O) groups is 1. The Morgan fingerprint density at radius 1 is 1.33 bits per heavy atom. The lowest BCUT2D eigenvalue weighted by atomic mass is 10.1. The number of rotatable bonds is 7. The van der Waals surface area contributed by atoms with Crippen molar-refractivity contribution >= 4 is 11.7 Å². The number of urea groups is 1. The monoisotopic (exact) mass is 291 g/mol. The average molecular weight is 291 g/mol. The van der Waals surface area contributed by atoms with Gasteiger partial charge in [0.15, 0.2) is 0 Å². The van der Waals surface area contributed by atoms with Gasteiger partial charge in [0.2, 0.25) is 0 Å². The van der Waals surface area contributed by atoms with Crippen LogP contribution >= 0.6 is 0 Å². The summed E-state index contributed by atoms with van der Waals surface area (Å²) in [4.78, 5) is 13.9. The predicted molar refractivity (Wildman–Crippen MR) is 84.5 cm³/mol. The number of aliphatic hydroxyl groups excluding tert-OH is 1. The second kappa shape index (κ2) is 6.80. The highest BCUT2D eigenvalue weighted by Gasteiger charge is 2.42. The molecule has 0 spiro atoms. The highest BCUT2D eigenvalue weighted by molar-refractivity contribution is 5.74. The summed E-state index contributed by atoms with van der Waals surface area (Å²) in [6.45, 7) is 3.35. The first-order valence-corrected chi connectivity index (χ1v) is 7.47. The molecule has 1 aliphatic rings. The summed E-state index contributed by atoms with van der Waals surface area (Å²) >= 11 is 0. The molecule has 3 N–H and O–H groups in total. The lowest BCUT2D eigenvalue weighted by Gasteiger charge is -2.27. The van der Waals surface area contributed by atoms with Crippen LogP contribution in [0, 0.1) is 5.41 Å². The van der Waals surface area contributed by atoms with E-state index in [1.165, 1.54) is 0 Å². The molecule has 21 heavy (non-hydrogen) atoms. The van der Waals surface area contributed by atoms with E-state index in [4.69, 9.17) is 0 Å². The van der Waals surface area contributed by atoms with Gasteiger partial charge in [0.05, 0.1) is 6.61 Å². The molecule has 0 aromatic heterocycles. The second-order valence-corrected chi connectivity index (χ2v) is 6.02. The van der Waals surface area contributed by atoms with E-state index in [2.05, 4.69) is 34.6 Å². The van der Waals surface area contributed by atoms with Crippen molar-refractivity contribution in [3.8, 4) is 0 Å². The Bertz CT molecular complexity index is 460. The number of nitrogens with one attached hydrogen (secondary N) is 2. The van der Waals surface area contributed by atoms with Gasteiger partial charge in [0.1, 0.15) is 0 Å². The highest BCUT2D eigenvalue weighted by atomic mass is 16.3. The first-order valence-electron chi connectivity index (χ1n) is 7.47. The van der Waals surface area contributed by atoms with Crippen molar-refractivity contribution in [2.24, 2.45) is 5.41 Å². The first kappa shape index (κ1) is 15.6. The van der Waals surface area contributed by atoms with E-state index in [-0.39, 0.29) is 24.1 Å². The minimum Gasteiger partial charge on any atom is -0.396 e. The van der Waals surface area contributed by atoms with Crippen LogP contribution in [0.2, 0.25) is 0 Å². The molecular formula is C16H25N3O2. The zero-order valence-corrected chi connectivity index (χ0v) is 12.8. The van der Waals surface area contributed by atoms with E-state index < -0.39 is 0 Å². The van der Waals surface area contributed by atoms with E-state index in [9.17, 15) is 9.90 Å². The molecule has 1 aromatic rings. The smallest absolute Gasteiger partial charge is 0.314 e. The molecule has 2 amide bonds. The van der Waals surface area contributed by atoms with Crippen LogP contribution in [-0.2, 0) is 0 Å². The summed E-state index contributed by atoms with van der Waals surface area (Å²) in [7, 11) is 2.02. The van der Waals surface area contributed by atoms with Crippen LogP contribution in [0.25, 0.3) is 0 Å². The van der Waals surface area contributed by atoms with E-state index in [1.54, 1.807) is 0 Å². The summed E-state index contributed by atoms with van der Waals surface area (Å²) in [5, 5.41) is 14.9. The Morgan fingerprint density at radius 3 is 2.57 bits per heavy atom. The number of anilines is 1. The number of amides is 2. The molecule has 1 aliphatic carbocycles. The lowest BCUT2D eigenvalue weighted by Crippen LogP contribution is -2.45. The molecule has 0 bridgehead atoms. The molecule has 5 nitrogen and oxygen atoms in total. The third-order valence-electron chi connectivity index (χ3n) is 4.30. The Labute approximate surface area is 126 Å². The van der Waals surface area contributed by atoms with Crippen molar-refractivity contribution in [1.29, 1.82) is 0 Å². The third-order valence-corrected chi connectivity index (χ3v) is 4.30. The molecule has 0 radical (unpaired) electrons. The number of benzene rings is 1. The first-order chi connectivity index (χ1) is 10.1. The maximum Gasteiger partial charge on any atom is 0.314 e. The number of aliphatic hydroxyl groups is 1. The summed E-state index contributed by atoms with van der Waals surface area (Å²) in [6.07, 6.45) is 1.99. The van der Waals surface area contributed by atoms with Crippen LogP contribution in [0.1, 0.15) is 19.8 Å². The summed E-state index contributed by atoms with van der Waals surface area (Å²) in [5.74, 6) is 0. The Kier molecular flexibility index (Phi) is 5.07. The Balaban J connectivity index is 1.71. The van der Waals surface area contributed by atoms with Gasteiger partial charge in [-0.15, -0.1) is 0 Å². The fourth-order valence-electron chi connectivity index (χ4n) is 2.19. The molecular weight excluding hydrogens is 266 g/mol. The van der Waals surface area contributed by atoms with Crippen LogP contribution in [-0.4, -0.2) is 43.9 Å². The molecule has 1 saturated carbocycles. The van der Waals surface area contributed by atoms with Crippen molar-refractivity contribution < 1.29 is 9.90 Å². The van der Waals surface area contributed by atoms with E-state index in [1.807, 2.05) is 25.2 Å². The van der Waals surface area contributed by atoms with Crippen LogP contribution in [0.5, 0.6) is 0 Å². The molecule has 2 rings (SSSR count). The van der Waals surface area contributed by atoms with Gasteiger partial charge >= 0.3 is 6.03 Å². The van der Waals surface area contributed by atoms with Gasteiger partial charge < -0.3 is 20.6 Å². The average Bonchev–Trinajstić information content (AvgIpc) is 3.31. The molecule has 1 unspecified atom stereocenters. The quantitative estimate of drug-likeness (QED) is 0.715. The standard InChI is InChI=1S/C16H25N3O2/c1-13(19(2)14-6-4-3-5-7-14)10-17-15(21)18-11-16(12-20)8-9-16/h3-7,13,20H,8-12H2,1-2H3,(H2,17,18,21). The van der Waals surface area contributed by atoms with Gasteiger partial charge in [-0.1, -0.05) is 18.2 Å². The number of likely N-dealkylation sites (N-methyl/N-ethyl adjacent to an activating group) is 1. The maximum absolute atomic E-state index is 11.8. The molecule has 0 saturated heterocycles. The largest absolute Gasteiger partial charge is 0.396 e. The van der Waals surface area contributed by atoms with Gasteiger partial charge in [-0.2, -0.15) is 0 Å². The van der Waals surface area contributed by atoms with Crippen LogP contribution in [0.3, 0.4) is 0 Å². The van der Waals surface area contributed by atoms with E-state index in [0.29, 0.717) is 13.1 Å². The zero-order chi connectivity index (χ0) is 15.3. The van der Waals surface area contributed by atoms with Crippen molar-refractivity contribution in [2.45, 2.75) is 25.8 Å². The van der Waals surface area contributed by atoms with Crippen LogP contribution in [0.4, 0.5) is 10.5 Å². The van der Waals surface area contributed by atoms with Crippen molar-refractivity contribution in [3.63, 3.8) is 0 Å². The molecule has 1 atom stereocenters. The molecule has 1 aromatic carbocycles. The molecule has 5 heteroatoms. The number of para-hydroxylation sites is 1. The van der Waals surface area contributed by atoms with Gasteiger partial charge in [0.25, 0.3) is 0 Å². The number of nitrogens with zero attached hydrogens (tertiary/aromatic N) is 1. The van der Waals surface area contributed by atoms with E-state index in [0.717, 1.165) is 18.5 Å². The van der Waals surface area contributed by atoms with E-state index >= 15 is 0 Å². The lowest BCUT2D eigenvalue weighted by molar-refractivity contribution is 0.203. The van der Waals surface area contributed by atoms with Gasteiger partial charge in [0, 0.05) is 37.3 Å². The van der Waals surface area contributed by atoms with Gasteiger partial charge in [-0.25, -0.2) is 4.79 Å². The van der Waals surface area contributed by atoms with Crippen LogP contribution in [0.15, 0.2) is 30.3 Å². The predicted octanol–water partition coefficient (Wildman–Crippen LogP) is 1.58. The van der Waals surface area contributed by atoms with Crippen molar-refractivity contribution in [2.75, 3.05) is 31.6 Å². The normalized spacial score (nSPS) is 16.9. The SMILES string of the molecule is CC(CNC(=O)NCC1(CO)CC1)N(C)c1ccccc1. The van der Waals surface area contributed by atoms with Gasteiger partial charge in [-0.3, -0.25) is 0 Å². The van der Waals surface area contributed by atoms with Crippen molar-refractivity contribution in [1.82, 2.24) is 10.6 Å². The molecule has 0 aliphatic heterocycles. The fourth-order valence-corrected chi connectivity index (χ4v) is 2.19. The fraction of sp³-hybridized carbons (Fsp3) is 0.562. The minimum atomic E-state index is -0.164. The molecule has 1 fully saturated rings. The Hall–Kier alpha value is -1.75.